The number of hydrogen-bond acceptors (Lipinski definition) is 5. The number of ether oxygens (including phenoxy) is 1. The number of hydrogen-bond donors (Lipinski definition) is 0. The molecule has 1 aliphatic rings. The third-order valence-electron chi connectivity index (χ3n) is 5.00. The molecule has 2 aromatic rings. The number of anilines is 1. The van der Waals surface area contributed by atoms with Gasteiger partial charge in [0.15, 0.2) is 0 Å². The summed E-state index contributed by atoms with van der Waals surface area (Å²) >= 11 is 0.973. The van der Waals surface area contributed by atoms with Crippen LogP contribution in [-0.4, -0.2) is 41.7 Å². The van der Waals surface area contributed by atoms with Gasteiger partial charge in [0.1, 0.15) is 28.9 Å². The molecule has 1 saturated heterocycles. The van der Waals surface area contributed by atoms with Crippen molar-refractivity contribution >= 4 is 29.8 Å². The Hall–Kier alpha value is -2.52. The summed E-state index contributed by atoms with van der Waals surface area (Å²) in [6, 6.07) is 5.63. The molecule has 0 spiro atoms. The lowest BCUT2D eigenvalue weighted by molar-refractivity contribution is -0.117. The minimum Gasteiger partial charge on any atom is -0.383 e. The number of halogens is 2. The van der Waals surface area contributed by atoms with Crippen LogP contribution < -0.4 is 10.5 Å². The second-order valence-corrected chi connectivity index (χ2v) is 8.20. The Labute approximate surface area is 177 Å². The van der Waals surface area contributed by atoms with Gasteiger partial charge in [-0.3, -0.25) is 13.6 Å². The largest absolute Gasteiger partial charge is 0.383 e. The van der Waals surface area contributed by atoms with E-state index in [4.69, 9.17) is 4.74 Å². The van der Waals surface area contributed by atoms with Gasteiger partial charge in [-0.1, -0.05) is 6.92 Å². The molecule has 2 unspecified atom stereocenters. The van der Waals surface area contributed by atoms with Crippen LogP contribution in [0.15, 0.2) is 35.3 Å². The molecule has 1 amide bonds. The maximum absolute atomic E-state index is 14.5. The van der Waals surface area contributed by atoms with E-state index in [1.807, 2.05) is 0 Å². The lowest BCUT2D eigenvalue weighted by Gasteiger charge is -2.18. The van der Waals surface area contributed by atoms with Crippen LogP contribution in [0.2, 0.25) is 0 Å². The molecule has 0 N–H and O–H groups in total. The highest BCUT2D eigenvalue weighted by molar-refractivity contribution is 7.99. The fourth-order valence-corrected chi connectivity index (χ4v) is 4.39. The second kappa shape index (κ2) is 9.53. The Kier molecular flexibility index (Phi) is 7.04. The number of amides is 1. The monoisotopic (exact) mass is 436 g/mol. The molecule has 1 aromatic heterocycles. The van der Waals surface area contributed by atoms with Crippen molar-refractivity contribution in [2.75, 3.05) is 25.2 Å². The average molecular weight is 436 g/mol. The fraction of sp³-hybridized carbons (Fsp3) is 0.381. The molecule has 3 rings (SSSR count). The molecule has 0 radical (unpaired) electrons. The molecule has 160 valence electrons. The van der Waals surface area contributed by atoms with Crippen LogP contribution in [-0.2, 0) is 20.7 Å². The summed E-state index contributed by atoms with van der Waals surface area (Å²) < 4.78 is 35.2. The van der Waals surface area contributed by atoms with Gasteiger partial charge < -0.3 is 14.4 Å². The van der Waals surface area contributed by atoms with Crippen molar-refractivity contribution in [2.24, 2.45) is 0 Å². The van der Waals surface area contributed by atoms with Gasteiger partial charge in [-0.05, 0) is 48.2 Å². The Morgan fingerprint density at radius 2 is 2.00 bits per heavy atom. The van der Waals surface area contributed by atoms with Crippen molar-refractivity contribution < 1.29 is 23.1 Å². The van der Waals surface area contributed by atoms with E-state index in [1.54, 1.807) is 13.0 Å². The van der Waals surface area contributed by atoms with Crippen LogP contribution in [0, 0.1) is 11.6 Å². The number of methoxy groups -OCH3 is 1. The predicted octanol–water partition coefficient (Wildman–Crippen LogP) is 2.92. The van der Waals surface area contributed by atoms with E-state index in [1.165, 1.54) is 40.4 Å². The number of carbonyl (C=O) groups excluding carboxylic acids is 2. The zero-order valence-electron chi connectivity index (χ0n) is 16.6. The van der Waals surface area contributed by atoms with Gasteiger partial charge in [0.2, 0.25) is 5.91 Å². The summed E-state index contributed by atoms with van der Waals surface area (Å²) in [5.74, 6) is -2.44. The van der Waals surface area contributed by atoms with Crippen LogP contribution >= 0.6 is 11.9 Å². The smallest absolute Gasteiger partial charge is 0.284 e. The summed E-state index contributed by atoms with van der Waals surface area (Å²) in [5, 5.41) is -0.592. The minimum absolute atomic E-state index is 0.00273. The van der Waals surface area contributed by atoms with Crippen LogP contribution in [0.3, 0.4) is 0 Å². The lowest BCUT2D eigenvalue weighted by Crippen LogP contribution is -2.32. The quantitative estimate of drug-likeness (QED) is 0.596. The first kappa shape index (κ1) is 22.2. The fourth-order valence-electron chi connectivity index (χ4n) is 3.52. The van der Waals surface area contributed by atoms with Crippen molar-refractivity contribution in [3.05, 3.63) is 63.6 Å². The number of nitrogens with zero attached hydrogens (tertiary/aromatic N) is 2. The zero-order chi connectivity index (χ0) is 21.8. The maximum Gasteiger partial charge on any atom is 0.284 e. The summed E-state index contributed by atoms with van der Waals surface area (Å²) in [6.07, 6.45) is 2.57. The van der Waals surface area contributed by atoms with Gasteiger partial charge in [-0.25, -0.2) is 8.78 Å². The zero-order valence-corrected chi connectivity index (χ0v) is 17.5. The van der Waals surface area contributed by atoms with Crippen molar-refractivity contribution in [1.82, 2.24) is 3.97 Å². The first-order chi connectivity index (χ1) is 14.4. The summed E-state index contributed by atoms with van der Waals surface area (Å²) in [4.78, 5) is 37.9. The highest BCUT2D eigenvalue weighted by Gasteiger charge is 2.36. The minimum atomic E-state index is -0.694. The Balaban J connectivity index is 1.88. The molecule has 0 aliphatic carbocycles. The molecular formula is C21H22F2N2O4S. The van der Waals surface area contributed by atoms with E-state index in [0.29, 0.717) is 18.3 Å². The van der Waals surface area contributed by atoms with Gasteiger partial charge in [0.05, 0.1) is 6.61 Å². The van der Waals surface area contributed by atoms with Crippen LogP contribution in [0.4, 0.5) is 14.5 Å². The highest BCUT2D eigenvalue weighted by Crippen LogP contribution is 2.34. The van der Waals surface area contributed by atoms with Gasteiger partial charge in [0, 0.05) is 37.8 Å². The maximum atomic E-state index is 14.5. The van der Waals surface area contributed by atoms with Crippen molar-refractivity contribution in [3.8, 4) is 0 Å². The summed E-state index contributed by atoms with van der Waals surface area (Å²) in [6.45, 7) is 1.92. The predicted molar refractivity (Wildman–Crippen MR) is 111 cm³/mol. The van der Waals surface area contributed by atoms with E-state index in [-0.39, 0.29) is 36.7 Å². The summed E-state index contributed by atoms with van der Waals surface area (Å²) in [5.41, 5.74) is 0.0285. The van der Waals surface area contributed by atoms with Gasteiger partial charge >= 0.3 is 0 Å². The number of aryl methyl sites for hydroxylation is 1. The Morgan fingerprint density at radius 3 is 2.60 bits per heavy atom. The first-order valence-corrected chi connectivity index (χ1v) is 10.3. The number of benzene rings is 1. The van der Waals surface area contributed by atoms with Gasteiger partial charge in [0.25, 0.3) is 5.56 Å². The molecule has 1 fully saturated rings. The molecule has 0 bridgehead atoms. The van der Waals surface area contributed by atoms with Crippen molar-refractivity contribution in [3.63, 3.8) is 0 Å². The SMILES string of the molecule is CCc1cc(F)c(C2CC(=O)N(c3cccn(SC(C=O)COC)c3=O)C2)c(F)c1. The first-order valence-electron chi connectivity index (χ1n) is 9.50. The second-order valence-electron chi connectivity index (χ2n) is 6.99. The number of aromatic nitrogens is 1. The molecular weight excluding hydrogens is 414 g/mol. The molecule has 0 saturated carbocycles. The van der Waals surface area contributed by atoms with Crippen LogP contribution in [0.5, 0.6) is 0 Å². The van der Waals surface area contributed by atoms with E-state index in [0.717, 1.165) is 11.9 Å². The highest BCUT2D eigenvalue weighted by atomic mass is 32.2. The standard InChI is InChI=1S/C21H22F2N2O4S/c1-3-13-7-16(22)20(17(23)8-13)14-9-19(27)24(10-14)18-5-4-6-25(21(18)28)30-15(11-26)12-29-2/h4-8,11,14-15H,3,9-10,12H2,1-2H3. The average Bonchev–Trinajstić information content (AvgIpc) is 3.09. The Morgan fingerprint density at radius 1 is 1.30 bits per heavy atom. The van der Waals surface area contributed by atoms with E-state index < -0.39 is 28.4 Å². The number of pyridine rings is 1. The molecule has 2 heterocycles. The third kappa shape index (κ3) is 4.46. The van der Waals surface area contributed by atoms with Gasteiger partial charge in [-0.2, -0.15) is 0 Å². The molecule has 30 heavy (non-hydrogen) atoms. The normalized spacial score (nSPS) is 17.4. The van der Waals surface area contributed by atoms with Crippen molar-refractivity contribution in [1.29, 1.82) is 0 Å². The number of aldehydes is 1. The van der Waals surface area contributed by atoms with Crippen LogP contribution in [0.25, 0.3) is 0 Å². The molecule has 2 atom stereocenters. The van der Waals surface area contributed by atoms with E-state index in [2.05, 4.69) is 0 Å². The molecule has 6 nitrogen and oxygen atoms in total. The van der Waals surface area contributed by atoms with E-state index in [9.17, 15) is 23.2 Å². The number of carbonyl (C=O) groups is 2. The molecule has 9 heteroatoms. The van der Waals surface area contributed by atoms with E-state index >= 15 is 0 Å². The van der Waals surface area contributed by atoms with Gasteiger partial charge in [-0.15, -0.1) is 0 Å². The van der Waals surface area contributed by atoms with Crippen LogP contribution in [0.1, 0.15) is 30.4 Å². The molecule has 1 aromatic carbocycles. The summed E-state index contributed by atoms with van der Waals surface area (Å²) in [7, 11) is 1.45. The Bertz CT molecular complexity index is 988. The number of rotatable bonds is 8. The van der Waals surface area contributed by atoms with Crippen molar-refractivity contribution in [2.45, 2.75) is 30.9 Å². The topological polar surface area (TPSA) is 68.6 Å². The molecule has 1 aliphatic heterocycles. The third-order valence-corrected chi connectivity index (χ3v) is 6.03. The lowest BCUT2D eigenvalue weighted by atomic mass is 9.95.